The molecule has 162 valence electrons. The fraction of sp³-hybridized carbons (Fsp3) is 0.600. The fourth-order valence-corrected chi connectivity index (χ4v) is 3.40. The summed E-state index contributed by atoms with van der Waals surface area (Å²) in [6, 6.07) is 6.84. The summed E-state index contributed by atoms with van der Waals surface area (Å²) in [4.78, 5) is 38.2. The monoisotopic (exact) mass is 426 g/mol. The van der Waals surface area contributed by atoms with Gasteiger partial charge in [0, 0.05) is 57.8 Å². The molecular weight excluding hydrogens is 396 g/mol. The van der Waals surface area contributed by atoms with Crippen molar-refractivity contribution in [1.82, 2.24) is 9.80 Å². The number of carbonyl (C=O) groups is 2. The fourth-order valence-electron chi connectivity index (χ4n) is 3.40. The second kappa shape index (κ2) is 12.4. The van der Waals surface area contributed by atoms with Gasteiger partial charge in [0.15, 0.2) is 0 Å². The van der Waals surface area contributed by atoms with Crippen molar-refractivity contribution in [3.8, 4) is 0 Å². The summed E-state index contributed by atoms with van der Waals surface area (Å²) in [6.07, 6.45) is 0.925. The Hall–Kier alpha value is -2.19. The topological polar surface area (TPSA) is 87.0 Å². The van der Waals surface area contributed by atoms with Crippen LogP contribution >= 0.6 is 11.6 Å². The zero-order chi connectivity index (χ0) is 22.0. The van der Waals surface area contributed by atoms with Crippen molar-refractivity contribution < 1.29 is 14.5 Å². The summed E-state index contributed by atoms with van der Waals surface area (Å²) in [5, 5.41) is 10.4. The van der Waals surface area contributed by atoms with Crippen LogP contribution in [0.5, 0.6) is 0 Å². The molecule has 1 aromatic rings. The van der Waals surface area contributed by atoms with Crippen LogP contribution in [0.1, 0.15) is 34.1 Å². The van der Waals surface area contributed by atoms with Crippen LogP contribution in [0.2, 0.25) is 0 Å². The third kappa shape index (κ3) is 8.37. The molecule has 0 spiro atoms. The van der Waals surface area contributed by atoms with E-state index in [0.29, 0.717) is 0 Å². The van der Waals surface area contributed by atoms with Crippen molar-refractivity contribution in [2.75, 3.05) is 44.2 Å². The lowest BCUT2D eigenvalue weighted by molar-refractivity contribution is -0.384. The lowest BCUT2D eigenvalue weighted by Crippen LogP contribution is -2.45. The van der Waals surface area contributed by atoms with E-state index in [1.807, 2.05) is 4.90 Å². The molecule has 2 rings (SSSR count). The number of anilines is 1. The molecule has 9 heteroatoms. The minimum Gasteiger partial charge on any atom is -0.369 e. The van der Waals surface area contributed by atoms with Crippen molar-refractivity contribution in [3.63, 3.8) is 0 Å². The standard InChI is InChI=1S/C18H28N4O3.C2H3ClO/c1-4-19(5-2)12-13-21(15(3)23)18-10-11-20(14-18)16-6-8-17(9-7-16)22(24)25;1-2(3)4/h6-9,18H,4-5,10-14H2,1-3H3;1H3/t18-;/m1./s1. The number of hydrogen-bond donors (Lipinski definition) is 0. The van der Waals surface area contributed by atoms with E-state index in [0.717, 1.165) is 51.4 Å². The second-order valence-electron chi connectivity index (χ2n) is 6.87. The van der Waals surface area contributed by atoms with Gasteiger partial charge < -0.3 is 14.7 Å². The molecule has 0 saturated carbocycles. The first-order valence-corrected chi connectivity index (χ1v) is 10.2. The maximum Gasteiger partial charge on any atom is 0.269 e. The molecule has 0 aromatic heterocycles. The van der Waals surface area contributed by atoms with Crippen LogP contribution in [0.3, 0.4) is 0 Å². The summed E-state index contributed by atoms with van der Waals surface area (Å²) in [5.41, 5.74) is 1.07. The van der Waals surface area contributed by atoms with Gasteiger partial charge in [-0.15, -0.1) is 0 Å². The molecule has 1 heterocycles. The molecule has 1 aliphatic heterocycles. The van der Waals surface area contributed by atoms with E-state index >= 15 is 0 Å². The van der Waals surface area contributed by atoms with Crippen LogP contribution < -0.4 is 4.90 Å². The number of amides is 1. The largest absolute Gasteiger partial charge is 0.369 e. The van der Waals surface area contributed by atoms with Gasteiger partial charge in [0.05, 0.1) is 11.0 Å². The second-order valence-corrected chi connectivity index (χ2v) is 7.40. The highest BCUT2D eigenvalue weighted by molar-refractivity contribution is 6.62. The normalized spacial score (nSPS) is 15.7. The number of carbonyl (C=O) groups excluding carboxylic acids is 2. The van der Waals surface area contributed by atoms with E-state index in [1.54, 1.807) is 19.1 Å². The smallest absolute Gasteiger partial charge is 0.269 e. The first-order chi connectivity index (χ1) is 13.7. The Kier molecular flexibility index (Phi) is 10.6. The molecule has 0 bridgehead atoms. The molecule has 1 fully saturated rings. The van der Waals surface area contributed by atoms with E-state index < -0.39 is 0 Å². The van der Waals surface area contributed by atoms with Gasteiger partial charge >= 0.3 is 0 Å². The SMILES string of the molecule is CC(=O)Cl.CCN(CC)CCN(C(C)=O)[C@@H]1CCN(c2ccc([N+](=O)[O-])cc2)C1. The summed E-state index contributed by atoms with van der Waals surface area (Å²) in [6.45, 7) is 12.4. The molecule has 1 saturated heterocycles. The number of nitro groups is 1. The minimum atomic E-state index is -0.388. The van der Waals surface area contributed by atoms with Crippen LogP contribution in [0.25, 0.3) is 0 Å². The van der Waals surface area contributed by atoms with Gasteiger partial charge in [-0.2, -0.15) is 0 Å². The van der Waals surface area contributed by atoms with Crippen LogP contribution in [-0.4, -0.2) is 71.2 Å². The van der Waals surface area contributed by atoms with Crippen LogP contribution in [-0.2, 0) is 9.59 Å². The van der Waals surface area contributed by atoms with Gasteiger partial charge in [-0.25, -0.2) is 0 Å². The summed E-state index contributed by atoms with van der Waals surface area (Å²) in [5.74, 6) is 0.114. The van der Waals surface area contributed by atoms with Crippen molar-refractivity contribution in [2.24, 2.45) is 0 Å². The van der Waals surface area contributed by atoms with E-state index in [1.165, 1.54) is 19.1 Å². The predicted molar refractivity (Wildman–Crippen MR) is 115 cm³/mol. The Labute approximate surface area is 177 Å². The highest BCUT2D eigenvalue weighted by Crippen LogP contribution is 2.25. The lowest BCUT2D eigenvalue weighted by atomic mass is 10.2. The van der Waals surface area contributed by atoms with Crippen molar-refractivity contribution >= 4 is 34.1 Å². The van der Waals surface area contributed by atoms with Gasteiger partial charge in [0.25, 0.3) is 5.69 Å². The molecule has 29 heavy (non-hydrogen) atoms. The third-order valence-electron chi connectivity index (χ3n) is 4.99. The van der Waals surface area contributed by atoms with E-state index in [-0.39, 0.29) is 27.8 Å². The molecule has 0 radical (unpaired) electrons. The van der Waals surface area contributed by atoms with Gasteiger partial charge in [-0.05, 0) is 43.2 Å². The number of hydrogen-bond acceptors (Lipinski definition) is 6. The van der Waals surface area contributed by atoms with Crippen molar-refractivity contribution in [3.05, 3.63) is 34.4 Å². The molecule has 1 atom stereocenters. The number of non-ortho nitro benzene ring substituents is 1. The van der Waals surface area contributed by atoms with E-state index in [9.17, 15) is 19.7 Å². The molecule has 1 aromatic carbocycles. The van der Waals surface area contributed by atoms with Crippen molar-refractivity contribution in [2.45, 2.75) is 40.2 Å². The van der Waals surface area contributed by atoms with Gasteiger partial charge in [-0.3, -0.25) is 19.7 Å². The Morgan fingerprint density at radius 3 is 2.17 bits per heavy atom. The lowest BCUT2D eigenvalue weighted by Gasteiger charge is -2.30. The van der Waals surface area contributed by atoms with Crippen LogP contribution in [0.4, 0.5) is 11.4 Å². The maximum atomic E-state index is 12.1. The highest BCUT2D eigenvalue weighted by atomic mass is 35.5. The molecule has 1 amide bonds. The van der Waals surface area contributed by atoms with Gasteiger partial charge in [0.2, 0.25) is 11.1 Å². The number of benzene rings is 1. The van der Waals surface area contributed by atoms with Gasteiger partial charge in [0.1, 0.15) is 0 Å². The van der Waals surface area contributed by atoms with Crippen LogP contribution in [0.15, 0.2) is 24.3 Å². The summed E-state index contributed by atoms with van der Waals surface area (Å²) < 4.78 is 0. The molecule has 0 unspecified atom stereocenters. The third-order valence-corrected chi connectivity index (χ3v) is 4.99. The van der Waals surface area contributed by atoms with Gasteiger partial charge in [-0.1, -0.05) is 13.8 Å². The van der Waals surface area contributed by atoms with E-state index in [4.69, 9.17) is 0 Å². The first-order valence-electron chi connectivity index (χ1n) is 9.84. The Morgan fingerprint density at radius 1 is 1.17 bits per heavy atom. The minimum absolute atomic E-state index is 0.101. The number of likely N-dealkylation sites (N-methyl/N-ethyl adjacent to an activating group) is 1. The zero-order valence-corrected chi connectivity index (χ0v) is 18.4. The number of halogens is 1. The summed E-state index contributed by atoms with van der Waals surface area (Å²) in [7, 11) is 0. The Morgan fingerprint density at radius 2 is 1.72 bits per heavy atom. The molecular formula is C20H31ClN4O4. The molecule has 8 nitrogen and oxygen atoms in total. The summed E-state index contributed by atoms with van der Waals surface area (Å²) >= 11 is 4.64. The Bertz CT molecular complexity index is 676. The number of nitro benzene ring substituents is 1. The predicted octanol–water partition coefficient (Wildman–Crippen LogP) is 3.14. The average molecular weight is 427 g/mol. The molecule has 0 N–H and O–H groups in total. The average Bonchev–Trinajstić information content (AvgIpc) is 3.14. The quantitative estimate of drug-likeness (QED) is 0.360. The van der Waals surface area contributed by atoms with Crippen molar-refractivity contribution in [1.29, 1.82) is 0 Å². The molecule has 1 aliphatic rings. The van der Waals surface area contributed by atoms with E-state index in [2.05, 4.69) is 35.2 Å². The number of rotatable bonds is 8. The zero-order valence-electron chi connectivity index (χ0n) is 17.6. The Balaban J connectivity index is 0.000000960. The first kappa shape index (κ1) is 24.8. The maximum absolute atomic E-state index is 12.1. The highest BCUT2D eigenvalue weighted by Gasteiger charge is 2.29. The number of nitrogens with zero attached hydrogens (tertiary/aromatic N) is 4. The molecule has 0 aliphatic carbocycles. The van der Waals surface area contributed by atoms with Crippen LogP contribution in [0, 0.1) is 10.1 Å².